The van der Waals surface area contributed by atoms with Gasteiger partial charge in [-0.3, -0.25) is 14.3 Å². The van der Waals surface area contributed by atoms with E-state index in [0.717, 1.165) is 35.8 Å². The summed E-state index contributed by atoms with van der Waals surface area (Å²) in [5, 5.41) is 0.722. The number of nitrogens with zero attached hydrogens (tertiary/aromatic N) is 2. The predicted molar refractivity (Wildman–Crippen MR) is 124 cm³/mol. The van der Waals surface area contributed by atoms with Crippen LogP contribution in [0.4, 0.5) is 0 Å². The van der Waals surface area contributed by atoms with Gasteiger partial charge in [-0.05, 0) is 34.7 Å². The molecule has 2 N–H and O–H groups in total. The Kier molecular flexibility index (Phi) is 7.95. The lowest BCUT2D eigenvalue weighted by atomic mass is 10.0. The Balaban J connectivity index is 1.51. The van der Waals surface area contributed by atoms with E-state index in [-0.39, 0.29) is 18.2 Å². The van der Waals surface area contributed by atoms with Crippen molar-refractivity contribution in [2.75, 3.05) is 26.2 Å². The van der Waals surface area contributed by atoms with Crippen LogP contribution in [-0.2, 0) is 15.9 Å². The third-order valence-electron chi connectivity index (χ3n) is 5.85. The Morgan fingerprint density at radius 2 is 1.48 bits per heavy atom. The van der Waals surface area contributed by atoms with Crippen molar-refractivity contribution in [2.24, 2.45) is 5.92 Å². The molecule has 0 saturated carbocycles. The summed E-state index contributed by atoms with van der Waals surface area (Å²) in [6, 6.07) is 16.2. The topological polar surface area (TPSA) is 81.1 Å². The fourth-order valence-corrected chi connectivity index (χ4v) is 5.21. The number of hydrogen-bond donors (Lipinski definition) is 2. The van der Waals surface area contributed by atoms with E-state index in [1.165, 1.54) is 5.56 Å². The minimum Gasteiger partial charge on any atom is -0.340 e. The van der Waals surface area contributed by atoms with Gasteiger partial charge in [0.1, 0.15) is 0 Å². The minimum atomic E-state index is -4.29. The van der Waals surface area contributed by atoms with Gasteiger partial charge in [0, 0.05) is 44.2 Å². The van der Waals surface area contributed by atoms with E-state index in [2.05, 4.69) is 29.2 Å². The molecule has 1 heterocycles. The van der Waals surface area contributed by atoms with Crippen LogP contribution in [0, 0.1) is 5.92 Å². The standard InChI is InChI=1S/C23H30ClN2O4P/c1-17(2)22(31(28,29)30)15-23(27)26-13-11-25(12-14-26)16-18-3-5-19(6-4-18)20-7-9-21(24)10-8-20/h3-10,17,22H,11-16H2,1-2H3,(H2,28,29,30). The summed E-state index contributed by atoms with van der Waals surface area (Å²) in [4.78, 5) is 35.7. The summed E-state index contributed by atoms with van der Waals surface area (Å²) < 4.78 is 11.7. The van der Waals surface area contributed by atoms with Crippen molar-refractivity contribution in [1.82, 2.24) is 9.80 Å². The highest BCUT2D eigenvalue weighted by molar-refractivity contribution is 7.52. The molecule has 0 spiro atoms. The maximum atomic E-state index is 12.6. The Morgan fingerprint density at radius 3 is 1.97 bits per heavy atom. The van der Waals surface area contributed by atoms with Crippen LogP contribution in [-0.4, -0.2) is 57.3 Å². The highest BCUT2D eigenvalue weighted by atomic mass is 35.5. The van der Waals surface area contributed by atoms with E-state index in [4.69, 9.17) is 11.6 Å². The zero-order chi connectivity index (χ0) is 22.6. The number of hydrogen-bond acceptors (Lipinski definition) is 3. The van der Waals surface area contributed by atoms with Gasteiger partial charge in [0.05, 0.1) is 5.66 Å². The van der Waals surface area contributed by atoms with E-state index in [1.807, 2.05) is 24.3 Å². The summed E-state index contributed by atoms with van der Waals surface area (Å²) in [7, 11) is -4.29. The van der Waals surface area contributed by atoms with Crippen molar-refractivity contribution in [1.29, 1.82) is 0 Å². The van der Waals surface area contributed by atoms with E-state index in [9.17, 15) is 19.1 Å². The number of piperazine rings is 1. The van der Waals surface area contributed by atoms with Gasteiger partial charge in [0.2, 0.25) is 5.91 Å². The highest BCUT2D eigenvalue weighted by Gasteiger charge is 2.35. The molecule has 6 nitrogen and oxygen atoms in total. The van der Waals surface area contributed by atoms with Gasteiger partial charge in [-0.25, -0.2) is 0 Å². The molecule has 0 bridgehead atoms. The van der Waals surface area contributed by atoms with Crippen LogP contribution in [0.15, 0.2) is 48.5 Å². The quantitative estimate of drug-likeness (QED) is 0.599. The first-order valence-electron chi connectivity index (χ1n) is 10.5. The monoisotopic (exact) mass is 464 g/mol. The number of amides is 1. The van der Waals surface area contributed by atoms with Gasteiger partial charge >= 0.3 is 7.60 Å². The number of benzene rings is 2. The first-order valence-corrected chi connectivity index (χ1v) is 12.6. The third kappa shape index (κ3) is 6.64. The molecule has 0 aromatic heterocycles. The van der Waals surface area contributed by atoms with Crippen molar-refractivity contribution in [2.45, 2.75) is 32.5 Å². The van der Waals surface area contributed by atoms with Crippen LogP contribution in [0.3, 0.4) is 0 Å². The average Bonchev–Trinajstić information content (AvgIpc) is 2.72. The minimum absolute atomic E-state index is 0.103. The highest BCUT2D eigenvalue weighted by Crippen LogP contribution is 2.46. The molecular formula is C23H30ClN2O4P. The molecule has 2 aromatic rings. The second-order valence-electron chi connectivity index (χ2n) is 8.47. The van der Waals surface area contributed by atoms with E-state index in [1.54, 1.807) is 18.7 Å². The van der Waals surface area contributed by atoms with E-state index in [0.29, 0.717) is 13.1 Å². The summed E-state index contributed by atoms with van der Waals surface area (Å²) in [5.74, 6) is -0.420. The Morgan fingerprint density at radius 1 is 0.968 bits per heavy atom. The molecule has 3 rings (SSSR count). The van der Waals surface area contributed by atoms with Gasteiger partial charge in [-0.2, -0.15) is 0 Å². The molecule has 1 aliphatic rings. The maximum absolute atomic E-state index is 12.6. The summed E-state index contributed by atoms with van der Waals surface area (Å²) >= 11 is 5.96. The fourth-order valence-electron chi connectivity index (χ4n) is 3.91. The fraction of sp³-hybridized carbons (Fsp3) is 0.435. The number of rotatable bonds is 7. The normalized spacial score (nSPS) is 16.5. The first-order chi connectivity index (χ1) is 14.6. The second kappa shape index (κ2) is 10.3. The molecule has 8 heteroatoms. The molecule has 1 saturated heterocycles. The molecule has 168 valence electrons. The second-order valence-corrected chi connectivity index (χ2v) is 10.7. The van der Waals surface area contributed by atoms with Crippen LogP contribution in [0.25, 0.3) is 11.1 Å². The van der Waals surface area contributed by atoms with Crippen LogP contribution in [0.5, 0.6) is 0 Å². The molecule has 1 atom stereocenters. The summed E-state index contributed by atoms with van der Waals surface area (Å²) in [6.07, 6.45) is -0.103. The average molecular weight is 465 g/mol. The molecule has 0 aliphatic carbocycles. The zero-order valence-corrected chi connectivity index (χ0v) is 19.6. The lowest BCUT2D eigenvalue weighted by molar-refractivity contribution is -0.133. The number of carbonyl (C=O) groups is 1. The predicted octanol–water partition coefficient (Wildman–Crippen LogP) is 4.24. The van der Waals surface area contributed by atoms with Crippen LogP contribution >= 0.6 is 19.2 Å². The number of carbonyl (C=O) groups excluding carboxylic acids is 1. The van der Waals surface area contributed by atoms with Crippen molar-refractivity contribution in [3.05, 3.63) is 59.1 Å². The van der Waals surface area contributed by atoms with Gasteiger partial charge in [-0.15, -0.1) is 0 Å². The molecule has 1 aliphatic heterocycles. The van der Waals surface area contributed by atoms with Crippen molar-refractivity contribution in [3.63, 3.8) is 0 Å². The SMILES string of the molecule is CC(C)C(CC(=O)N1CCN(Cc2ccc(-c3ccc(Cl)cc3)cc2)CC1)P(=O)(O)O. The van der Waals surface area contributed by atoms with E-state index >= 15 is 0 Å². The molecule has 1 amide bonds. The number of halogens is 1. The molecule has 1 unspecified atom stereocenters. The lowest BCUT2D eigenvalue weighted by Gasteiger charge is -2.35. The molecular weight excluding hydrogens is 435 g/mol. The molecule has 2 aromatic carbocycles. The van der Waals surface area contributed by atoms with Crippen molar-refractivity contribution >= 4 is 25.1 Å². The smallest absolute Gasteiger partial charge is 0.329 e. The van der Waals surface area contributed by atoms with Crippen molar-refractivity contribution < 1.29 is 19.1 Å². The third-order valence-corrected chi connectivity index (χ3v) is 7.74. The van der Waals surface area contributed by atoms with Crippen LogP contribution in [0.2, 0.25) is 5.02 Å². The zero-order valence-electron chi connectivity index (χ0n) is 17.9. The van der Waals surface area contributed by atoms with Gasteiger partial charge < -0.3 is 14.7 Å². The van der Waals surface area contributed by atoms with Gasteiger partial charge in [-0.1, -0.05) is 61.8 Å². The van der Waals surface area contributed by atoms with Gasteiger partial charge in [0.15, 0.2) is 0 Å². The first kappa shape index (κ1) is 24.0. The lowest BCUT2D eigenvalue weighted by Crippen LogP contribution is -2.49. The Bertz CT molecular complexity index is 920. The Hall–Kier alpha value is -1.69. The molecule has 31 heavy (non-hydrogen) atoms. The maximum Gasteiger partial charge on any atom is 0.329 e. The van der Waals surface area contributed by atoms with Crippen LogP contribution in [0.1, 0.15) is 25.8 Å². The molecule has 0 radical (unpaired) electrons. The molecule has 1 fully saturated rings. The summed E-state index contributed by atoms with van der Waals surface area (Å²) in [5.41, 5.74) is 2.55. The van der Waals surface area contributed by atoms with Gasteiger partial charge in [0.25, 0.3) is 0 Å². The van der Waals surface area contributed by atoms with Crippen molar-refractivity contribution in [3.8, 4) is 11.1 Å². The largest absolute Gasteiger partial charge is 0.340 e. The Labute approximate surface area is 189 Å². The van der Waals surface area contributed by atoms with E-state index < -0.39 is 13.3 Å². The van der Waals surface area contributed by atoms with Crippen LogP contribution < -0.4 is 0 Å². The summed E-state index contributed by atoms with van der Waals surface area (Å²) in [6.45, 7) is 6.93.